The van der Waals surface area contributed by atoms with Crippen molar-refractivity contribution < 1.29 is 9.32 Å². The highest BCUT2D eigenvalue weighted by molar-refractivity contribution is 5.78. The van der Waals surface area contributed by atoms with Crippen molar-refractivity contribution in [2.75, 3.05) is 45.8 Å². The molecule has 0 spiro atoms. The van der Waals surface area contributed by atoms with Gasteiger partial charge >= 0.3 is 0 Å². The summed E-state index contributed by atoms with van der Waals surface area (Å²) in [5.74, 6) is 2.33. The lowest BCUT2D eigenvalue weighted by atomic mass is 10.1. The Morgan fingerprint density at radius 3 is 2.40 bits per heavy atom. The predicted molar refractivity (Wildman–Crippen MR) is 95.0 cm³/mol. The Bertz CT molecular complexity index is 545. The first-order chi connectivity index (χ1) is 12.1. The summed E-state index contributed by atoms with van der Waals surface area (Å²) in [6.07, 6.45) is 4.43. The molecule has 0 aromatic carbocycles. The maximum absolute atomic E-state index is 12.4. The summed E-state index contributed by atoms with van der Waals surface area (Å²) in [5.41, 5.74) is 0. The zero-order valence-electron chi connectivity index (χ0n) is 15.6. The second-order valence-electron chi connectivity index (χ2n) is 7.70. The first-order valence-corrected chi connectivity index (χ1v) is 9.64. The van der Waals surface area contributed by atoms with Crippen LogP contribution < -0.4 is 0 Å². The monoisotopic (exact) mass is 349 g/mol. The highest BCUT2D eigenvalue weighted by Gasteiger charge is 2.23. The Hall–Kier alpha value is -1.47. The molecule has 0 N–H and O–H groups in total. The van der Waals surface area contributed by atoms with Gasteiger partial charge in [0.1, 0.15) is 0 Å². The lowest BCUT2D eigenvalue weighted by Crippen LogP contribution is -2.50. The standard InChI is InChI=1S/C18H31N5O2/c1-15(2)12-16-19-17(25-20-16)13-21-8-10-22(11-9-21)14-18(24)23-6-4-3-5-7-23/h15H,3-14H2,1-2H3. The van der Waals surface area contributed by atoms with Crippen LogP contribution in [0, 0.1) is 5.92 Å². The number of piperazine rings is 1. The van der Waals surface area contributed by atoms with E-state index in [1.807, 2.05) is 4.90 Å². The third-order valence-corrected chi connectivity index (χ3v) is 4.99. The van der Waals surface area contributed by atoms with Crippen molar-refractivity contribution in [3.63, 3.8) is 0 Å². The van der Waals surface area contributed by atoms with Gasteiger partial charge in [-0.1, -0.05) is 19.0 Å². The van der Waals surface area contributed by atoms with Crippen LogP contribution in [0.3, 0.4) is 0 Å². The van der Waals surface area contributed by atoms with E-state index in [0.717, 1.165) is 64.4 Å². The van der Waals surface area contributed by atoms with Crippen molar-refractivity contribution in [2.45, 2.75) is 46.1 Å². The molecule has 7 nitrogen and oxygen atoms in total. The zero-order chi connectivity index (χ0) is 17.6. The molecular formula is C18H31N5O2. The lowest BCUT2D eigenvalue weighted by molar-refractivity contribution is -0.133. The first-order valence-electron chi connectivity index (χ1n) is 9.64. The van der Waals surface area contributed by atoms with Crippen LogP contribution in [-0.2, 0) is 17.8 Å². The molecule has 3 rings (SSSR count). The second-order valence-corrected chi connectivity index (χ2v) is 7.70. The molecule has 2 fully saturated rings. The van der Waals surface area contributed by atoms with Gasteiger partial charge in [-0.3, -0.25) is 14.6 Å². The summed E-state index contributed by atoms with van der Waals surface area (Å²) in [5, 5.41) is 4.05. The molecule has 3 heterocycles. The minimum Gasteiger partial charge on any atom is -0.342 e. The van der Waals surface area contributed by atoms with E-state index in [-0.39, 0.29) is 0 Å². The average molecular weight is 349 g/mol. The van der Waals surface area contributed by atoms with Gasteiger partial charge in [0.05, 0.1) is 13.1 Å². The van der Waals surface area contributed by atoms with Gasteiger partial charge in [-0.05, 0) is 25.2 Å². The van der Waals surface area contributed by atoms with Crippen LogP contribution >= 0.6 is 0 Å². The Morgan fingerprint density at radius 2 is 1.72 bits per heavy atom. The number of hydrogen-bond donors (Lipinski definition) is 0. The summed E-state index contributed by atoms with van der Waals surface area (Å²) in [6, 6.07) is 0. The second kappa shape index (κ2) is 8.76. The summed E-state index contributed by atoms with van der Waals surface area (Å²) in [7, 11) is 0. The highest BCUT2D eigenvalue weighted by Crippen LogP contribution is 2.12. The van der Waals surface area contributed by atoms with Gasteiger partial charge in [0, 0.05) is 45.7 Å². The number of carbonyl (C=O) groups excluding carboxylic acids is 1. The summed E-state index contributed by atoms with van der Waals surface area (Å²) < 4.78 is 5.36. The van der Waals surface area contributed by atoms with Crippen molar-refractivity contribution in [1.29, 1.82) is 0 Å². The third kappa shape index (κ3) is 5.51. The quantitative estimate of drug-likeness (QED) is 0.773. The Kier molecular flexibility index (Phi) is 6.42. The maximum atomic E-state index is 12.4. The van der Waals surface area contributed by atoms with Gasteiger partial charge in [-0.25, -0.2) is 0 Å². The molecule has 7 heteroatoms. The fourth-order valence-electron chi connectivity index (χ4n) is 3.53. The van der Waals surface area contributed by atoms with Crippen molar-refractivity contribution >= 4 is 5.91 Å². The smallest absolute Gasteiger partial charge is 0.240 e. The summed E-state index contributed by atoms with van der Waals surface area (Å²) >= 11 is 0. The molecule has 1 amide bonds. The Balaban J connectivity index is 1.39. The highest BCUT2D eigenvalue weighted by atomic mass is 16.5. The van der Waals surface area contributed by atoms with Gasteiger partial charge in [0.15, 0.2) is 5.82 Å². The van der Waals surface area contributed by atoms with E-state index in [2.05, 4.69) is 33.8 Å². The fourth-order valence-corrected chi connectivity index (χ4v) is 3.53. The fraction of sp³-hybridized carbons (Fsp3) is 0.833. The van der Waals surface area contributed by atoms with E-state index in [4.69, 9.17) is 4.52 Å². The van der Waals surface area contributed by atoms with Gasteiger partial charge in [-0.15, -0.1) is 0 Å². The third-order valence-electron chi connectivity index (χ3n) is 4.99. The van der Waals surface area contributed by atoms with Crippen molar-refractivity contribution in [3.05, 3.63) is 11.7 Å². The van der Waals surface area contributed by atoms with Gasteiger partial charge in [0.2, 0.25) is 11.8 Å². The zero-order valence-corrected chi connectivity index (χ0v) is 15.6. The molecule has 0 radical (unpaired) electrons. The van der Waals surface area contributed by atoms with Crippen LogP contribution in [0.5, 0.6) is 0 Å². The molecule has 0 atom stereocenters. The van der Waals surface area contributed by atoms with E-state index in [1.165, 1.54) is 6.42 Å². The van der Waals surface area contributed by atoms with Crippen molar-refractivity contribution in [2.24, 2.45) is 5.92 Å². The number of hydrogen-bond acceptors (Lipinski definition) is 6. The molecule has 2 aliphatic heterocycles. The van der Waals surface area contributed by atoms with E-state index in [1.54, 1.807) is 0 Å². The molecule has 0 bridgehead atoms. The van der Waals surface area contributed by atoms with Crippen LogP contribution in [0.25, 0.3) is 0 Å². The Labute approximate surface area is 150 Å². The molecule has 2 saturated heterocycles. The molecule has 1 aromatic rings. The van der Waals surface area contributed by atoms with E-state index < -0.39 is 0 Å². The molecule has 0 saturated carbocycles. The summed E-state index contributed by atoms with van der Waals surface area (Å²) in [6.45, 7) is 11.2. The lowest BCUT2D eigenvalue weighted by Gasteiger charge is -2.35. The van der Waals surface area contributed by atoms with Crippen LogP contribution in [-0.4, -0.2) is 76.6 Å². The first kappa shape index (κ1) is 18.3. The largest absolute Gasteiger partial charge is 0.342 e. The van der Waals surface area contributed by atoms with Crippen molar-refractivity contribution in [3.8, 4) is 0 Å². The number of likely N-dealkylation sites (tertiary alicyclic amines) is 1. The maximum Gasteiger partial charge on any atom is 0.240 e. The average Bonchev–Trinajstić information content (AvgIpc) is 3.03. The molecule has 0 aliphatic carbocycles. The molecular weight excluding hydrogens is 318 g/mol. The number of nitrogens with zero attached hydrogens (tertiary/aromatic N) is 5. The number of rotatable bonds is 6. The number of aromatic nitrogens is 2. The Morgan fingerprint density at radius 1 is 1.04 bits per heavy atom. The topological polar surface area (TPSA) is 65.7 Å². The minimum absolute atomic E-state index is 0.295. The van der Waals surface area contributed by atoms with Gasteiger partial charge in [-0.2, -0.15) is 4.98 Å². The van der Waals surface area contributed by atoms with E-state index in [9.17, 15) is 4.79 Å². The molecule has 0 unspecified atom stereocenters. The number of carbonyl (C=O) groups is 1. The van der Waals surface area contributed by atoms with Crippen LogP contribution in [0.2, 0.25) is 0 Å². The van der Waals surface area contributed by atoms with E-state index >= 15 is 0 Å². The molecule has 25 heavy (non-hydrogen) atoms. The minimum atomic E-state index is 0.295. The van der Waals surface area contributed by atoms with E-state index in [0.29, 0.717) is 30.8 Å². The molecule has 140 valence electrons. The summed E-state index contributed by atoms with van der Waals surface area (Å²) in [4.78, 5) is 23.5. The number of piperidine rings is 1. The normalized spacial score (nSPS) is 20.4. The predicted octanol–water partition coefficient (Wildman–Crippen LogP) is 1.40. The molecule has 2 aliphatic rings. The van der Waals surface area contributed by atoms with Crippen LogP contribution in [0.4, 0.5) is 0 Å². The SMILES string of the molecule is CC(C)Cc1noc(CN2CCN(CC(=O)N3CCCCC3)CC2)n1. The van der Waals surface area contributed by atoms with Crippen LogP contribution in [0.1, 0.15) is 44.8 Å². The van der Waals surface area contributed by atoms with Gasteiger partial charge in [0.25, 0.3) is 0 Å². The van der Waals surface area contributed by atoms with Gasteiger partial charge < -0.3 is 9.42 Å². The number of amides is 1. The van der Waals surface area contributed by atoms with Crippen LogP contribution in [0.15, 0.2) is 4.52 Å². The van der Waals surface area contributed by atoms with Crippen molar-refractivity contribution in [1.82, 2.24) is 24.8 Å². The molecule has 1 aromatic heterocycles.